The van der Waals surface area contributed by atoms with Crippen LogP contribution in [0, 0.1) is 5.41 Å². The Morgan fingerprint density at radius 1 is 1.53 bits per heavy atom. The van der Waals surface area contributed by atoms with Crippen LogP contribution in [-0.4, -0.2) is 17.6 Å². The van der Waals surface area contributed by atoms with E-state index in [0.717, 1.165) is 6.42 Å². The molecule has 0 atom stereocenters. The van der Waals surface area contributed by atoms with E-state index < -0.39 is 0 Å². The van der Waals surface area contributed by atoms with Gasteiger partial charge in [-0.15, -0.1) is 0 Å². The van der Waals surface area contributed by atoms with Crippen molar-refractivity contribution in [1.82, 2.24) is 4.98 Å². The van der Waals surface area contributed by atoms with Crippen molar-refractivity contribution in [3.63, 3.8) is 0 Å². The van der Waals surface area contributed by atoms with E-state index in [9.17, 15) is 4.79 Å². The molecule has 0 aliphatic rings. The monoisotopic (exact) mass is 207 g/mol. The van der Waals surface area contributed by atoms with Gasteiger partial charge in [0, 0.05) is 12.4 Å². The predicted octanol–water partition coefficient (Wildman–Crippen LogP) is 2.67. The van der Waals surface area contributed by atoms with E-state index in [1.54, 1.807) is 18.3 Å². The van der Waals surface area contributed by atoms with Gasteiger partial charge in [-0.3, -0.25) is 4.98 Å². The van der Waals surface area contributed by atoms with Crippen molar-refractivity contribution in [2.24, 2.45) is 5.41 Å². The second-order valence-electron chi connectivity index (χ2n) is 4.34. The van der Waals surface area contributed by atoms with Gasteiger partial charge in [-0.25, -0.2) is 4.79 Å². The molecule has 1 aromatic heterocycles. The number of hydrogen-bond donors (Lipinski definition) is 0. The van der Waals surface area contributed by atoms with Gasteiger partial charge < -0.3 is 4.74 Å². The van der Waals surface area contributed by atoms with Gasteiger partial charge in [0.05, 0.1) is 12.2 Å². The SMILES string of the molecule is CCC(C)(C)COC(=O)c1cccnc1. The van der Waals surface area contributed by atoms with Crippen LogP contribution >= 0.6 is 0 Å². The molecule has 0 radical (unpaired) electrons. The van der Waals surface area contributed by atoms with Crippen LogP contribution in [0.5, 0.6) is 0 Å². The van der Waals surface area contributed by atoms with Crippen molar-refractivity contribution in [1.29, 1.82) is 0 Å². The van der Waals surface area contributed by atoms with Crippen molar-refractivity contribution < 1.29 is 9.53 Å². The molecule has 0 N–H and O–H groups in total. The quantitative estimate of drug-likeness (QED) is 0.712. The van der Waals surface area contributed by atoms with Gasteiger partial charge in [0.15, 0.2) is 0 Å². The molecule has 0 amide bonds. The summed E-state index contributed by atoms with van der Waals surface area (Å²) < 4.78 is 5.20. The molecule has 0 spiro atoms. The van der Waals surface area contributed by atoms with Gasteiger partial charge in [0.2, 0.25) is 0 Å². The zero-order valence-corrected chi connectivity index (χ0v) is 9.49. The lowest BCUT2D eigenvalue weighted by Crippen LogP contribution is -2.21. The number of aromatic nitrogens is 1. The highest BCUT2D eigenvalue weighted by molar-refractivity contribution is 5.88. The minimum atomic E-state index is -0.301. The van der Waals surface area contributed by atoms with Crippen molar-refractivity contribution in [3.05, 3.63) is 30.1 Å². The van der Waals surface area contributed by atoms with Crippen molar-refractivity contribution in [2.75, 3.05) is 6.61 Å². The van der Waals surface area contributed by atoms with E-state index in [-0.39, 0.29) is 11.4 Å². The lowest BCUT2D eigenvalue weighted by molar-refractivity contribution is 0.0335. The molecule has 3 nitrogen and oxygen atoms in total. The molecule has 0 saturated carbocycles. The first-order chi connectivity index (χ1) is 7.05. The number of nitrogens with zero attached hydrogens (tertiary/aromatic N) is 1. The van der Waals surface area contributed by atoms with E-state index in [1.165, 1.54) is 6.20 Å². The first kappa shape index (κ1) is 11.7. The van der Waals surface area contributed by atoms with E-state index in [1.807, 2.05) is 0 Å². The number of esters is 1. The highest BCUT2D eigenvalue weighted by atomic mass is 16.5. The summed E-state index contributed by atoms with van der Waals surface area (Å²) >= 11 is 0. The molecule has 0 aromatic carbocycles. The van der Waals surface area contributed by atoms with Crippen LogP contribution in [-0.2, 0) is 4.74 Å². The molecule has 0 aliphatic heterocycles. The standard InChI is InChI=1S/C12H17NO2/c1-4-12(2,3)9-15-11(14)10-6-5-7-13-8-10/h5-8H,4,9H2,1-3H3. The Bertz CT molecular complexity index is 320. The molecule has 0 saturated heterocycles. The zero-order valence-electron chi connectivity index (χ0n) is 9.49. The molecular weight excluding hydrogens is 190 g/mol. The Hall–Kier alpha value is -1.38. The number of hydrogen-bond acceptors (Lipinski definition) is 3. The average molecular weight is 207 g/mol. The maximum atomic E-state index is 11.5. The summed E-state index contributed by atoms with van der Waals surface area (Å²) in [5, 5.41) is 0. The van der Waals surface area contributed by atoms with Gasteiger partial charge in [-0.2, -0.15) is 0 Å². The van der Waals surface area contributed by atoms with Crippen LogP contribution in [0.4, 0.5) is 0 Å². The largest absolute Gasteiger partial charge is 0.461 e. The number of carbonyl (C=O) groups is 1. The molecule has 0 aliphatic carbocycles. The highest BCUT2D eigenvalue weighted by Gasteiger charge is 2.18. The van der Waals surface area contributed by atoms with E-state index in [0.29, 0.717) is 12.2 Å². The van der Waals surface area contributed by atoms with Gasteiger partial charge in [-0.1, -0.05) is 20.8 Å². The Kier molecular flexibility index (Phi) is 3.83. The number of pyridine rings is 1. The second-order valence-corrected chi connectivity index (χ2v) is 4.34. The summed E-state index contributed by atoms with van der Waals surface area (Å²) in [4.78, 5) is 15.4. The molecule has 15 heavy (non-hydrogen) atoms. The predicted molar refractivity (Wildman–Crippen MR) is 58.6 cm³/mol. The van der Waals surface area contributed by atoms with Crippen molar-refractivity contribution in [3.8, 4) is 0 Å². The molecule has 0 fully saturated rings. The summed E-state index contributed by atoms with van der Waals surface area (Å²) in [7, 11) is 0. The Morgan fingerprint density at radius 3 is 2.80 bits per heavy atom. The number of carbonyl (C=O) groups excluding carboxylic acids is 1. The Balaban J connectivity index is 2.51. The third-order valence-electron chi connectivity index (χ3n) is 2.45. The molecule has 0 unspecified atom stereocenters. The summed E-state index contributed by atoms with van der Waals surface area (Å²) in [5.74, 6) is -0.301. The van der Waals surface area contributed by atoms with Crippen LogP contribution in [0.25, 0.3) is 0 Å². The fourth-order valence-electron chi connectivity index (χ4n) is 0.930. The maximum Gasteiger partial charge on any atom is 0.339 e. The number of ether oxygens (including phenoxy) is 1. The third-order valence-corrected chi connectivity index (χ3v) is 2.45. The fraction of sp³-hybridized carbons (Fsp3) is 0.500. The van der Waals surface area contributed by atoms with Gasteiger partial charge in [0.25, 0.3) is 0 Å². The highest BCUT2D eigenvalue weighted by Crippen LogP contribution is 2.20. The summed E-state index contributed by atoms with van der Waals surface area (Å²) in [6, 6.07) is 3.43. The van der Waals surface area contributed by atoms with Crippen LogP contribution in [0.3, 0.4) is 0 Å². The number of rotatable bonds is 4. The molecule has 1 rings (SSSR count). The van der Waals surface area contributed by atoms with Crippen molar-refractivity contribution in [2.45, 2.75) is 27.2 Å². The van der Waals surface area contributed by atoms with Crippen LogP contribution in [0.1, 0.15) is 37.6 Å². The minimum Gasteiger partial charge on any atom is -0.461 e. The molecule has 1 aromatic rings. The zero-order chi connectivity index (χ0) is 11.3. The lowest BCUT2D eigenvalue weighted by Gasteiger charge is -2.21. The first-order valence-electron chi connectivity index (χ1n) is 5.12. The minimum absolute atomic E-state index is 0.0396. The van der Waals surface area contributed by atoms with Crippen LogP contribution < -0.4 is 0 Å². The molecule has 1 heterocycles. The molecular formula is C12H17NO2. The fourth-order valence-corrected chi connectivity index (χ4v) is 0.930. The topological polar surface area (TPSA) is 39.2 Å². The second kappa shape index (κ2) is 4.91. The molecule has 0 bridgehead atoms. The van der Waals surface area contributed by atoms with Gasteiger partial charge >= 0.3 is 5.97 Å². The van der Waals surface area contributed by atoms with E-state index in [2.05, 4.69) is 25.8 Å². The van der Waals surface area contributed by atoms with E-state index in [4.69, 9.17) is 4.74 Å². The summed E-state index contributed by atoms with van der Waals surface area (Å²) in [6.45, 7) is 6.67. The normalized spacial score (nSPS) is 11.1. The van der Waals surface area contributed by atoms with Crippen LogP contribution in [0.15, 0.2) is 24.5 Å². The first-order valence-corrected chi connectivity index (χ1v) is 5.12. The van der Waals surface area contributed by atoms with Crippen LogP contribution in [0.2, 0.25) is 0 Å². The van der Waals surface area contributed by atoms with Crippen molar-refractivity contribution >= 4 is 5.97 Å². The molecule has 82 valence electrons. The smallest absolute Gasteiger partial charge is 0.339 e. The summed E-state index contributed by atoms with van der Waals surface area (Å²) in [5.41, 5.74) is 0.544. The Labute approximate surface area is 90.5 Å². The molecule has 3 heteroatoms. The Morgan fingerprint density at radius 2 is 2.27 bits per heavy atom. The van der Waals surface area contributed by atoms with Gasteiger partial charge in [-0.05, 0) is 24.0 Å². The lowest BCUT2D eigenvalue weighted by atomic mass is 9.92. The van der Waals surface area contributed by atoms with Gasteiger partial charge in [0.1, 0.15) is 0 Å². The average Bonchev–Trinajstić information content (AvgIpc) is 2.27. The maximum absolute atomic E-state index is 11.5. The third kappa shape index (κ3) is 3.70. The summed E-state index contributed by atoms with van der Waals surface area (Å²) in [6.07, 6.45) is 4.13. The van der Waals surface area contributed by atoms with E-state index >= 15 is 0 Å².